The second kappa shape index (κ2) is 6.08. The first kappa shape index (κ1) is 14.4. The van der Waals surface area contributed by atoms with Crippen LogP contribution in [0.5, 0.6) is 11.5 Å². The van der Waals surface area contributed by atoms with Crippen LogP contribution in [-0.4, -0.2) is 17.8 Å². The third kappa shape index (κ3) is 3.39. The summed E-state index contributed by atoms with van der Waals surface area (Å²) in [6.45, 7) is 2.80. The molecule has 0 spiro atoms. The fourth-order valence-electron chi connectivity index (χ4n) is 2.71. The average molecular weight is 348 g/mol. The van der Waals surface area contributed by atoms with Crippen molar-refractivity contribution in [1.29, 1.82) is 0 Å². The van der Waals surface area contributed by atoms with E-state index in [-0.39, 0.29) is 11.8 Å². The molecule has 2 N–H and O–H groups in total. The number of rotatable bonds is 4. The van der Waals surface area contributed by atoms with E-state index in [1.807, 2.05) is 6.07 Å². The summed E-state index contributed by atoms with van der Waals surface area (Å²) in [7, 11) is 0. The maximum absolute atomic E-state index is 9.48. The lowest BCUT2D eigenvalue weighted by Crippen LogP contribution is -2.33. The molecule has 0 radical (unpaired) electrons. The van der Waals surface area contributed by atoms with Gasteiger partial charge in [0.15, 0.2) is 0 Å². The molecule has 0 aromatic heterocycles. The Labute approximate surface area is 133 Å². The van der Waals surface area contributed by atoms with Gasteiger partial charge in [0, 0.05) is 22.1 Å². The molecule has 0 saturated heterocycles. The Balaban J connectivity index is 1.64. The molecular weight excluding hydrogens is 330 g/mol. The van der Waals surface area contributed by atoms with Gasteiger partial charge in [0.25, 0.3) is 0 Å². The van der Waals surface area contributed by atoms with Crippen LogP contribution in [0.1, 0.15) is 24.1 Å². The first-order valence-electron chi connectivity index (χ1n) is 7.08. The van der Waals surface area contributed by atoms with Crippen molar-refractivity contribution in [2.24, 2.45) is 0 Å². The Hall–Kier alpha value is -1.52. The van der Waals surface area contributed by atoms with E-state index >= 15 is 0 Å². The summed E-state index contributed by atoms with van der Waals surface area (Å²) in [6.07, 6.45) is 0.969. The van der Waals surface area contributed by atoms with Crippen LogP contribution in [0.2, 0.25) is 0 Å². The quantitative estimate of drug-likeness (QED) is 0.883. The third-order valence-corrected chi connectivity index (χ3v) is 4.25. The number of halogens is 1. The normalized spacial score (nSPS) is 18.1. The highest BCUT2D eigenvalue weighted by Gasteiger charge is 2.25. The van der Waals surface area contributed by atoms with Crippen molar-refractivity contribution in [3.05, 3.63) is 58.1 Å². The summed E-state index contributed by atoms with van der Waals surface area (Å²) in [5, 5.41) is 13.1. The molecule has 2 aromatic rings. The van der Waals surface area contributed by atoms with Crippen LogP contribution in [0.3, 0.4) is 0 Å². The van der Waals surface area contributed by atoms with E-state index in [4.69, 9.17) is 4.74 Å². The van der Waals surface area contributed by atoms with Gasteiger partial charge in [-0.05, 0) is 43.2 Å². The Morgan fingerprint density at radius 2 is 2.05 bits per heavy atom. The molecule has 1 heterocycles. The molecule has 110 valence electrons. The Bertz CT molecular complexity index is 627. The van der Waals surface area contributed by atoms with Crippen LogP contribution in [0.15, 0.2) is 46.9 Å². The van der Waals surface area contributed by atoms with Crippen molar-refractivity contribution in [3.63, 3.8) is 0 Å². The van der Waals surface area contributed by atoms with Gasteiger partial charge in [-0.15, -0.1) is 0 Å². The van der Waals surface area contributed by atoms with Gasteiger partial charge in [-0.2, -0.15) is 0 Å². The zero-order valence-electron chi connectivity index (χ0n) is 11.8. The number of fused-ring (bicyclic) bond motifs is 1. The van der Waals surface area contributed by atoms with E-state index in [1.165, 1.54) is 5.56 Å². The number of phenolic OH excluding ortho intramolecular Hbond substituents is 1. The van der Waals surface area contributed by atoms with Gasteiger partial charge in [0.05, 0.1) is 6.04 Å². The lowest BCUT2D eigenvalue weighted by Gasteiger charge is -2.19. The van der Waals surface area contributed by atoms with Crippen LogP contribution in [0, 0.1) is 0 Å². The number of hydrogen-bond donors (Lipinski definition) is 2. The molecule has 4 heteroatoms. The zero-order chi connectivity index (χ0) is 14.8. The largest absolute Gasteiger partial charge is 0.508 e. The molecule has 21 heavy (non-hydrogen) atoms. The standard InChI is InChI=1S/C17H18BrNO2/c1-11(8-12-2-4-13(18)5-3-12)19-16-10-21-17-9-14(20)6-7-15(16)17/h2-7,9,11,16,19-20H,8,10H2,1H3. The Morgan fingerprint density at radius 3 is 2.81 bits per heavy atom. The summed E-state index contributed by atoms with van der Waals surface area (Å²) < 4.78 is 6.73. The highest BCUT2D eigenvalue weighted by Crippen LogP contribution is 2.35. The van der Waals surface area contributed by atoms with Crippen LogP contribution >= 0.6 is 15.9 Å². The maximum atomic E-state index is 9.48. The fourth-order valence-corrected chi connectivity index (χ4v) is 2.98. The van der Waals surface area contributed by atoms with Gasteiger partial charge >= 0.3 is 0 Å². The molecule has 0 saturated carbocycles. The molecule has 2 atom stereocenters. The molecule has 1 aliphatic heterocycles. The summed E-state index contributed by atoms with van der Waals surface area (Å²) in [6, 6.07) is 14.3. The number of benzene rings is 2. The summed E-state index contributed by atoms with van der Waals surface area (Å²) in [5.74, 6) is 1.03. The number of aromatic hydroxyl groups is 1. The molecule has 1 aliphatic rings. The molecule has 2 aromatic carbocycles. The van der Waals surface area contributed by atoms with Crippen LogP contribution < -0.4 is 10.1 Å². The molecule has 0 fully saturated rings. The van der Waals surface area contributed by atoms with Gasteiger partial charge in [0.1, 0.15) is 18.1 Å². The van der Waals surface area contributed by atoms with Crippen LogP contribution in [0.4, 0.5) is 0 Å². The topological polar surface area (TPSA) is 41.5 Å². The van der Waals surface area contributed by atoms with Crippen LogP contribution in [-0.2, 0) is 6.42 Å². The first-order valence-corrected chi connectivity index (χ1v) is 7.87. The van der Waals surface area contributed by atoms with Crippen molar-refractivity contribution in [2.45, 2.75) is 25.4 Å². The van der Waals surface area contributed by atoms with Gasteiger partial charge in [-0.3, -0.25) is 0 Å². The summed E-state index contributed by atoms with van der Waals surface area (Å²) in [5.41, 5.74) is 2.43. The minimum absolute atomic E-state index is 0.186. The SMILES string of the molecule is CC(Cc1ccc(Br)cc1)NC1COc2cc(O)ccc21. The van der Waals surface area contributed by atoms with Gasteiger partial charge in [-0.1, -0.05) is 28.1 Å². The highest BCUT2D eigenvalue weighted by molar-refractivity contribution is 9.10. The molecule has 3 rings (SSSR count). The number of hydrogen-bond acceptors (Lipinski definition) is 3. The minimum atomic E-state index is 0.186. The molecule has 3 nitrogen and oxygen atoms in total. The number of ether oxygens (including phenoxy) is 1. The van der Waals surface area contributed by atoms with E-state index in [0.29, 0.717) is 12.6 Å². The second-order valence-electron chi connectivity index (χ2n) is 5.48. The number of phenols is 1. The van der Waals surface area contributed by atoms with Crippen molar-refractivity contribution < 1.29 is 9.84 Å². The van der Waals surface area contributed by atoms with Gasteiger partial charge in [0.2, 0.25) is 0 Å². The molecular formula is C17H18BrNO2. The zero-order valence-corrected chi connectivity index (χ0v) is 13.4. The smallest absolute Gasteiger partial charge is 0.127 e. The van der Waals surface area contributed by atoms with Crippen molar-refractivity contribution in [3.8, 4) is 11.5 Å². The highest BCUT2D eigenvalue weighted by atomic mass is 79.9. The third-order valence-electron chi connectivity index (χ3n) is 3.72. The van der Waals surface area contributed by atoms with E-state index in [9.17, 15) is 5.11 Å². The Morgan fingerprint density at radius 1 is 1.29 bits per heavy atom. The van der Waals surface area contributed by atoms with Crippen molar-refractivity contribution in [1.82, 2.24) is 5.32 Å². The van der Waals surface area contributed by atoms with Gasteiger partial charge in [-0.25, -0.2) is 0 Å². The lowest BCUT2D eigenvalue weighted by atomic mass is 10.0. The predicted molar refractivity (Wildman–Crippen MR) is 86.8 cm³/mol. The van der Waals surface area contributed by atoms with Crippen molar-refractivity contribution >= 4 is 15.9 Å². The number of nitrogens with one attached hydrogen (secondary N) is 1. The first-order chi connectivity index (χ1) is 10.1. The van der Waals surface area contributed by atoms with E-state index in [0.717, 1.165) is 22.2 Å². The van der Waals surface area contributed by atoms with E-state index < -0.39 is 0 Å². The summed E-state index contributed by atoms with van der Waals surface area (Å²) in [4.78, 5) is 0. The Kier molecular flexibility index (Phi) is 4.17. The molecule has 0 amide bonds. The summed E-state index contributed by atoms with van der Waals surface area (Å²) >= 11 is 3.45. The maximum Gasteiger partial charge on any atom is 0.127 e. The van der Waals surface area contributed by atoms with Crippen molar-refractivity contribution in [2.75, 3.05) is 6.61 Å². The fraction of sp³-hybridized carbons (Fsp3) is 0.294. The lowest BCUT2D eigenvalue weighted by molar-refractivity contribution is 0.299. The second-order valence-corrected chi connectivity index (χ2v) is 6.40. The predicted octanol–water partition coefficient (Wildman–Crippen LogP) is 3.81. The average Bonchev–Trinajstić information content (AvgIpc) is 2.83. The molecule has 2 unspecified atom stereocenters. The van der Waals surface area contributed by atoms with Crippen LogP contribution in [0.25, 0.3) is 0 Å². The minimum Gasteiger partial charge on any atom is -0.508 e. The monoisotopic (exact) mass is 347 g/mol. The molecule has 0 aliphatic carbocycles. The van der Waals surface area contributed by atoms with Gasteiger partial charge < -0.3 is 15.2 Å². The van der Waals surface area contributed by atoms with E-state index in [2.05, 4.69) is 52.4 Å². The molecule has 0 bridgehead atoms. The van der Waals surface area contributed by atoms with E-state index in [1.54, 1.807) is 12.1 Å².